The van der Waals surface area contributed by atoms with Gasteiger partial charge in [0.15, 0.2) is 0 Å². The average Bonchev–Trinajstić information content (AvgIpc) is 3.23. The summed E-state index contributed by atoms with van der Waals surface area (Å²) in [6, 6.07) is 7.16. The van der Waals surface area contributed by atoms with Gasteiger partial charge in [-0.2, -0.15) is 0 Å². The van der Waals surface area contributed by atoms with Gasteiger partial charge in [0.2, 0.25) is 0 Å². The molecule has 1 unspecified atom stereocenters. The summed E-state index contributed by atoms with van der Waals surface area (Å²) in [5, 5.41) is 3.43. The third-order valence-corrected chi connectivity index (χ3v) is 3.77. The zero-order valence-electron chi connectivity index (χ0n) is 12.1. The van der Waals surface area contributed by atoms with Crippen molar-refractivity contribution >= 4 is 11.4 Å². The number of benzene rings is 1. The molecular formula is C15H25N3O. The molecule has 0 saturated heterocycles. The Balaban J connectivity index is 1.93. The number of nitrogens with two attached hydrogens (primary N) is 1. The second-order valence-electron chi connectivity index (χ2n) is 5.28. The van der Waals surface area contributed by atoms with Crippen LogP contribution in [0.2, 0.25) is 0 Å². The van der Waals surface area contributed by atoms with Gasteiger partial charge < -0.3 is 15.8 Å². The Hall–Kier alpha value is -1.42. The highest BCUT2D eigenvalue weighted by molar-refractivity contribution is 5.72. The van der Waals surface area contributed by atoms with E-state index in [-0.39, 0.29) is 0 Å². The summed E-state index contributed by atoms with van der Waals surface area (Å²) >= 11 is 0. The monoisotopic (exact) mass is 263 g/mol. The molecule has 0 spiro atoms. The van der Waals surface area contributed by atoms with Crippen LogP contribution in [0.1, 0.15) is 26.7 Å². The zero-order chi connectivity index (χ0) is 13.8. The van der Waals surface area contributed by atoms with Gasteiger partial charge in [-0.05, 0) is 45.9 Å². The number of hydrogen-bond donors (Lipinski definition) is 2. The fourth-order valence-electron chi connectivity index (χ4n) is 2.22. The largest absolute Gasteiger partial charge is 0.492 e. The summed E-state index contributed by atoms with van der Waals surface area (Å²) in [5.41, 5.74) is 7.76. The van der Waals surface area contributed by atoms with E-state index in [0.717, 1.165) is 24.0 Å². The fraction of sp³-hybridized carbons (Fsp3) is 0.600. The molecule has 1 aliphatic carbocycles. The lowest BCUT2D eigenvalue weighted by molar-refractivity contribution is 0.257. The quantitative estimate of drug-likeness (QED) is 0.742. The minimum Gasteiger partial charge on any atom is -0.492 e. The van der Waals surface area contributed by atoms with E-state index in [1.165, 1.54) is 12.8 Å². The standard InChI is InChI=1S/C15H25N3O/c1-4-19-14-7-5-6-13(15(14)16)17-10-11(2)18(3)12-8-9-12/h5-7,11-12,17H,4,8-10,16H2,1-3H3. The van der Waals surface area contributed by atoms with E-state index >= 15 is 0 Å². The number of nitrogens with zero attached hydrogens (tertiary/aromatic N) is 1. The molecule has 3 N–H and O–H groups in total. The van der Waals surface area contributed by atoms with Gasteiger partial charge in [-0.3, -0.25) is 4.90 Å². The van der Waals surface area contributed by atoms with Crippen molar-refractivity contribution < 1.29 is 4.74 Å². The highest BCUT2D eigenvalue weighted by Crippen LogP contribution is 2.30. The lowest BCUT2D eigenvalue weighted by atomic mass is 10.2. The maximum Gasteiger partial charge on any atom is 0.144 e. The molecule has 4 nitrogen and oxygen atoms in total. The normalized spacial score (nSPS) is 16.4. The van der Waals surface area contributed by atoms with Crippen LogP contribution in [0.5, 0.6) is 5.75 Å². The molecule has 0 bridgehead atoms. The van der Waals surface area contributed by atoms with E-state index < -0.39 is 0 Å². The molecule has 0 amide bonds. The number of anilines is 2. The third kappa shape index (κ3) is 3.53. The maximum atomic E-state index is 6.10. The number of hydrogen-bond acceptors (Lipinski definition) is 4. The Morgan fingerprint density at radius 3 is 2.84 bits per heavy atom. The van der Waals surface area contributed by atoms with Crippen LogP contribution in [0, 0.1) is 0 Å². The first-order valence-electron chi connectivity index (χ1n) is 7.10. The van der Waals surface area contributed by atoms with Gasteiger partial charge in [-0.15, -0.1) is 0 Å². The summed E-state index contributed by atoms with van der Waals surface area (Å²) in [6.45, 7) is 5.74. The highest BCUT2D eigenvalue weighted by Gasteiger charge is 2.28. The van der Waals surface area contributed by atoms with Crippen molar-refractivity contribution in [2.45, 2.75) is 38.8 Å². The molecule has 19 heavy (non-hydrogen) atoms. The molecule has 106 valence electrons. The summed E-state index contributed by atoms with van der Waals surface area (Å²) < 4.78 is 5.50. The smallest absolute Gasteiger partial charge is 0.144 e. The van der Waals surface area contributed by atoms with Gasteiger partial charge in [0.05, 0.1) is 18.0 Å². The Kier molecular flexibility index (Phi) is 4.53. The van der Waals surface area contributed by atoms with Crippen LogP contribution in [0.4, 0.5) is 11.4 Å². The van der Waals surface area contributed by atoms with Crippen molar-refractivity contribution in [1.29, 1.82) is 0 Å². The van der Waals surface area contributed by atoms with Crippen LogP contribution in [0.25, 0.3) is 0 Å². The fourth-order valence-corrected chi connectivity index (χ4v) is 2.22. The first kappa shape index (κ1) is 14.0. The second-order valence-corrected chi connectivity index (χ2v) is 5.28. The topological polar surface area (TPSA) is 50.5 Å². The Morgan fingerprint density at radius 2 is 2.21 bits per heavy atom. The highest BCUT2D eigenvalue weighted by atomic mass is 16.5. The van der Waals surface area contributed by atoms with Crippen LogP contribution >= 0.6 is 0 Å². The van der Waals surface area contributed by atoms with E-state index in [1.807, 2.05) is 25.1 Å². The molecule has 1 aliphatic rings. The number of nitrogen functional groups attached to an aromatic ring is 1. The summed E-state index contributed by atoms with van der Waals surface area (Å²) in [4.78, 5) is 2.44. The lowest BCUT2D eigenvalue weighted by Gasteiger charge is -2.25. The minimum atomic E-state index is 0.502. The van der Waals surface area contributed by atoms with Gasteiger partial charge in [-0.1, -0.05) is 6.07 Å². The van der Waals surface area contributed by atoms with Crippen LogP contribution in [0.3, 0.4) is 0 Å². The van der Waals surface area contributed by atoms with Crippen molar-refractivity contribution in [2.24, 2.45) is 0 Å². The van der Waals surface area contributed by atoms with Crippen LogP contribution in [-0.2, 0) is 0 Å². The number of rotatable bonds is 7. The molecule has 1 atom stereocenters. The Bertz CT molecular complexity index is 418. The van der Waals surface area contributed by atoms with Crippen molar-refractivity contribution in [3.63, 3.8) is 0 Å². The lowest BCUT2D eigenvalue weighted by Crippen LogP contribution is -2.36. The van der Waals surface area contributed by atoms with Gasteiger partial charge in [0.25, 0.3) is 0 Å². The van der Waals surface area contributed by atoms with Crippen LogP contribution in [0.15, 0.2) is 18.2 Å². The van der Waals surface area contributed by atoms with Crippen molar-refractivity contribution in [2.75, 3.05) is 31.2 Å². The third-order valence-electron chi connectivity index (χ3n) is 3.77. The van der Waals surface area contributed by atoms with Gasteiger partial charge in [0, 0.05) is 18.6 Å². The zero-order valence-corrected chi connectivity index (χ0v) is 12.1. The minimum absolute atomic E-state index is 0.502. The van der Waals surface area contributed by atoms with Gasteiger partial charge in [-0.25, -0.2) is 0 Å². The van der Waals surface area contributed by atoms with Crippen LogP contribution in [-0.4, -0.2) is 37.2 Å². The van der Waals surface area contributed by atoms with Crippen LogP contribution < -0.4 is 15.8 Å². The maximum absolute atomic E-state index is 6.10. The second kappa shape index (κ2) is 6.15. The van der Waals surface area contributed by atoms with E-state index in [2.05, 4.69) is 24.2 Å². The molecule has 2 rings (SSSR count). The average molecular weight is 263 g/mol. The molecule has 1 saturated carbocycles. The molecule has 1 fully saturated rings. The first-order chi connectivity index (χ1) is 9.13. The Labute approximate surface area is 115 Å². The summed E-state index contributed by atoms with van der Waals surface area (Å²) in [5.74, 6) is 0.760. The predicted octanol–water partition coefficient (Wildman–Crippen LogP) is 2.56. The predicted molar refractivity (Wildman–Crippen MR) is 80.8 cm³/mol. The molecular weight excluding hydrogens is 238 g/mol. The molecule has 0 heterocycles. The first-order valence-corrected chi connectivity index (χ1v) is 7.10. The van der Waals surface area contributed by atoms with E-state index in [0.29, 0.717) is 18.3 Å². The summed E-state index contributed by atoms with van der Waals surface area (Å²) in [7, 11) is 2.20. The van der Waals surface area contributed by atoms with Crippen molar-refractivity contribution in [3.8, 4) is 5.75 Å². The SMILES string of the molecule is CCOc1cccc(NCC(C)N(C)C2CC2)c1N. The van der Waals surface area contributed by atoms with Gasteiger partial charge in [0.1, 0.15) is 5.75 Å². The van der Waals surface area contributed by atoms with E-state index in [1.54, 1.807) is 0 Å². The molecule has 4 heteroatoms. The number of ether oxygens (including phenoxy) is 1. The van der Waals surface area contributed by atoms with Crippen molar-refractivity contribution in [3.05, 3.63) is 18.2 Å². The molecule has 1 aromatic rings. The number of nitrogens with one attached hydrogen (secondary N) is 1. The van der Waals surface area contributed by atoms with Gasteiger partial charge >= 0.3 is 0 Å². The molecule has 0 radical (unpaired) electrons. The molecule has 1 aromatic carbocycles. The molecule has 0 aliphatic heterocycles. The van der Waals surface area contributed by atoms with E-state index in [4.69, 9.17) is 10.5 Å². The van der Waals surface area contributed by atoms with E-state index in [9.17, 15) is 0 Å². The number of para-hydroxylation sites is 1. The summed E-state index contributed by atoms with van der Waals surface area (Å²) in [6.07, 6.45) is 2.67. The van der Waals surface area contributed by atoms with Crippen molar-refractivity contribution in [1.82, 2.24) is 4.90 Å². The Morgan fingerprint density at radius 1 is 1.47 bits per heavy atom. The number of likely N-dealkylation sites (N-methyl/N-ethyl adjacent to an activating group) is 1. The molecule has 0 aromatic heterocycles.